The Morgan fingerprint density at radius 1 is 1.10 bits per heavy atom. The molecule has 2 aromatic heterocycles. The summed E-state index contributed by atoms with van der Waals surface area (Å²) in [6, 6.07) is 4.25. The second-order valence-corrected chi connectivity index (χ2v) is 10.3. The number of halogens is 4. The number of hydrogen-bond donors (Lipinski definition) is 4. The number of benzene rings is 1. The van der Waals surface area contributed by atoms with Crippen molar-refractivity contribution >= 4 is 34.1 Å². The van der Waals surface area contributed by atoms with Gasteiger partial charge in [0.05, 0.1) is 29.9 Å². The third-order valence-electron chi connectivity index (χ3n) is 7.61. The smallest absolute Gasteiger partial charge is 0.379 e. The fourth-order valence-electron chi connectivity index (χ4n) is 5.35. The average molecular weight is 564 g/mol. The van der Waals surface area contributed by atoms with Crippen LogP contribution in [0.15, 0.2) is 30.5 Å². The van der Waals surface area contributed by atoms with E-state index < -0.39 is 23.5 Å². The first-order chi connectivity index (χ1) is 19.1. The van der Waals surface area contributed by atoms with Crippen LogP contribution < -0.4 is 22.1 Å². The van der Waals surface area contributed by atoms with E-state index in [-0.39, 0.29) is 35.0 Å². The Bertz CT molecular complexity index is 1370. The number of carbonyl (C=O) groups is 1. The van der Waals surface area contributed by atoms with E-state index >= 15 is 0 Å². The first-order valence-corrected chi connectivity index (χ1v) is 13.4. The second kappa shape index (κ2) is 11.6. The van der Waals surface area contributed by atoms with E-state index in [1.54, 1.807) is 16.8 Å². The maximum Gasteiger partial charge on any atom is 0.416 e. The van der Waals surface area contributed by atoms with E-state index in [1.807, 2.05) is 0 Å². The molecule has 1 amide bonds. The van der Waals surface area contributed by atoms with Crippen LogP contribution in [0, 0.1) is 5.82 Å². The van der Waals surface area contributed by atoms with Crippen molar-refractivity contribution in [3.63, 3.8) is 0 Å². The quantitative estimate of drug-likeness (QED) is 0.305. The Kier molecular flexibility index (Phi) is 8.15. The lowest BCUT2D eigenvalue weighted by molar-refractivity contribution is -0.137. The zero-order valence-corrected chi connectivity index (χ0v) is 21.9. The van der Waals surface area contributed by atoms with Crippen molar-refractivity contribution in [2.24, 2.45) is 11.5 Å². The summed E-state index contributed by atoms with van der Waals surface area (Å²) in [6.45, 7) is 3.88. The van der Waals surface area contributed by atoms with Crippen LogP contribution >= 0.6 is 0 Å². The molecule has 1 aromatic carbocycles. The first kappa shape index (κ1) is 28.1. The number of alkyl halides is 3. The number of hydrogen-bond acceptors (Lipinski definition) is 7. The summed E-state index contributed by atoms with van der Waals surface area (Å²) in [5.41, 5.74) is 11.0. The number of nitrogens with zero attached hydrogens (tertiary/aromatic N) is 3. The van der Waals surface area contributed by atoms with Crippen molar-refractivity contribution in [2.75, 3.05) is 43.5 Å². The molecule has 3 aromatic rings. The number of amides is 1. The number of carbonyl (C=O) groups excluding carboxylic acids is 1. The molecule has 216 valence electrons. The fraction of sp³-hybridized carbons (Fsp3) is 0.481. The van der Waals surface area contributed by atoms with Crippen LogP contribution in [0.3, 0.4) is 0 Å². The minimum Gasteiger partial charge on any atom is -0.379 e. The van der Waals surface area contributed by atoms with Gasteiger partial charge in [-0.15, -0.1) is 0 Å². The van der Waals surface area contributed by atoms with Crippen molar-refractivity contribution in [3.8, 4) is 0 Å². The molecule has 1 saturated carbocycles. The van der Waals surface area contributed by atoms with E-state index in [1.165, 1.54) is 0 Å². The lowest BCUT2D eigenvalue weighted by atomic mass is 9.91. The Labute approximate surface area is 228 Å². The number of nitrogens with two attached hydrogens (primary N) is 2. The van der Waals surface area contributed by atoms with Gasteiger partial charge in [0, 0.05) is 55.5 Å². The largest absolute Gasteiger partial charge is 0.416 e. The van der Waals surface area contributed by atoms with Gasteiger partial charge in [-0.1, -0.05) is 12.8 Å². The van der Waals surface area contributed by atoms with E-state index in [2.05, 4.69) is 20.5 Å². The molecule has 2 aliphatic rings. The zero-order valence-electron chi connectivity index (χ0n) is 21.9. The lowest BCUT2D eigenvalue weighted by Crippen LogP contribution is -2.43. The number of aromatic nitrogens is 2. The molecule has 9 nitrogen and oxygen atoms in total. The maximum absolute atomic E-state index is 15.0. The predicted octanol–water partition coefficient (Wildman–Crippen LogP) is 4.05. The fourth-order valence-corrected chi connectivity index (χ4v) is 5.35. The van der Waals surface area contributed by atoms with E-state index in [9.17, 15) is 22.4 Å². The molecule has 40 heavy (non-hydrogen) atoms. The Hall–Kier alpha value is -3.42. The number of anilines is 3. The van der Waals surface area contributed by atoms with E-state index in [4.69, 9.17) is 16.2 Å². The van der Waals surface area contributed by atoms with Crippen molar-refractivity contribution in [2.45, 2.75) is 50.5 Å². The van der Waals surface area contributed by atoms with Gasteiger partial charge in [0.1, 0.15) is 5.82 Å². The van der Waals surface area contributed by atoms with Crippen LogP contribution in [0.4, 0.5) is 34.9 Å². The number of ether oxygens (including phenoxy) is 1. The van der Waals surface area contributed by atoms with Gasteiger partial charge in [-0.2, -0.15) is 13.2 Å². The van der Waals surface area contributed by atoms with Crippen molar-refractivity contribution in [3.05, 3.63) is 47.4 Å². The minimum absolute atomic E-state index is 0.0665. The average Bonchev–Trinajstić information content (AvgIpc) is 3.33. The summed E-state index contributed by atoms with van der Waals surface area (Å²) in [5, 5.41) is 6.36. The summed E-state index contributed by atoms with van der Waals surface area (Å²) >= 11 is 0. The van der Waals surface area contributed by atoms with Crippen LogP contribution in [0.2, 0.25) is 0 Å². The second-order valence-electron chi connectivity index (χ2n) is 10.3. The van der Waals surface area contributed by atoms with Crippen LogP contribution in [0.5, 0.6) is 0 Å². The number of pyridine rings is 1. The number of fused-ring (bicyclic) bond motifs is 1. The molecule has 2 unspecified atom stereocenters. The third kappa shape index (κ3) is 6.16. The van der Waals surface area contributed by atoms with Crippen LogP contribution in [-0.4, -0.2) is 65.3 Å². The normalized spacial score (nSPS) is 20.5. The zero-order chi connectivity index (χ0) is 28.4. The molecule has 13 heteroatoms. The van der Waals surface area contributed by atoms with Gasteiger partial charge in [-0.25, -0.2) is 9.37 Å². The van der Waals surface area contributed by atoms with Crippen molar-refractivity contribution in [1.82, 2.24) is 14.5 Å². The Morgan fingerprint density at radius 2 is 1.85 bits per heavy atom. The van der Waals surface area contributed by atoms with E-state index in [0.29, 0.717) is 37.2 Å². The van der Waals surface area contributed by atoms with Crippen molar-refractivity contribution < 1.29 is 27.1 Å². The van der Waals surface area contributed by atoms with Crippen LogP contribution in [0.25, 0.3) is 10.9 Å². The van der Waals surface area contributed by atoms with Crippen LogP contribution in [0.1, 0.15) is 41.6 Å². The Morgan fingerprint density at radius 3 is 2.55 bits per heavy atom. The topological polar surface area (TPSA) is 123 Å². The summed E-state index contributed by atoms with van der Waals surface area (Å²) in [6.07, 6.45) is 0.476. The SMILES string of the molecule is NC(=O)c1cc(F)c(NC2CCCCC2N)nc1Nc1cc(C(F)(F)F)cc2c1ccn2CCN1CCOCC1. The molecule has 1 aliphatic heterocycles. The van der Waals surface area contributed by atoms with Gasteiger partial charge < -0.3 is 31.4 Å². The molecule has 1 aliphatic carbocycles. The standard InChI is InChI=1S/C27H33F4N7O2/c28-19-15-18(24(33)39)25(36-26(19)34-21-4-2-1-3-20(21)32)35-22-13-16(27(29,30)31)14-23-17(22)5-6-38(23)8-7-37-9-11-40-12-10-37/h5-6,13-15,20-21H,1-4,7-12,32H2,(H2,33,39)(H2,34,35,36). The highest BCUT2D eigenvalue weighted by molar-refractivity contribution is 6.01. The van der Waals surface area contributed by atoms with Crippen LogP contribution in [-0.2, 0) is 17.5 Å². The third-order valence-corrected chi connectivity index (χ3v) is 7.61. The number of rotatable bonds is 8. The molecule has 0 spiro atoms. The van der Waals surface area contributed by atoms with Gasteiger partial charge in [0.25, 0.3) is 5.91 Å². The molecule has 5 rings (SSSR count). The molecule has 0 radical (unpaired) electrons. The molecular formula is C27H33F4N7O2. The highest BCUT2D eigenvalue weighted by Gasteiger charge is 2.32. The predicted molar refractivity (Wildman–Crippen MR) is 144 cm³/mol. The van der Waals surface area contributed by atoms with Gasteiger partial charge in [-0.3, -0.25) is 9.69 Å². The summed E-state index contributed by atoms with van der Waals surface area (Å²) in [7, 11) is 0. The van der Waals surface area contributed by atoms with Crippen molar-refractivity contribution in [1.29, 1.82) is 0 Å². The molecule has 2 atom stereocenters. The molecule has 1 saturated heterocycles. The molecule has 2 fully saturated rings. The Balaban J connectivity index is 1.50. The number of nitrogens with one attached hydrogen (secondary N) is 2. The molecule has 3 heterocycles. The summed E-state index contributed by atoms with van der Waals surface area (Å²) in [4.78, 5) is 18.6. The monoisotopic (exact) mass is 563 g/mol. The molecule has 6 N–H and O–H groups in total. The molecular weight excluding hydrogens is 530 g/mol. The van der Waals surface area contributed by atoms with Gasteiger partial charge in [0.15, 0.2) is 11.6 Å². The first-order valence-electron chi connectivity index (χ1n) is 13.4. The minimum atomic E-state index is -4.63. The summed E-state index contributed by atoms with van der Waals surface area (Å²) in [5.74, 6) is -2.08. The van der Waals surface area contributed by atoms with Gasteiger partial charge in [0.2, 0.25) is 0 Å². The summed E-state index contributed by atoms with van der Waals surface area (Å²) < 4.78 is 63.9. The number of morpholine rings is 1. The highest BCUT2D eigenvalue weighted by Crippen LogP contribution is 2.37. The maximum atomic E-state index is 15.0. The van der Waals surface area contributed by atoms with E-state index in [0.717, 1.165) is 57.0 Å². The van der Waals surface area contributed by atoms with Gasteiger partial charge >= 0.3 is 6.18 Å². The van der Waals surface area contributed by atoms with Gasteiger partial charge in [-0.05, 0) is 37.1 Å². The molecule has 0 bridgehead atoms. The lowest BCUT2D eigenvalue weighted by Gasteiger charge is -2.30. The number of primary amides is 1. The highest BCUT2D eigenvalue weighted by atomic mass is 19.4.